The third kappa shape index (κ3) is 3.64. The van der Waals surface area contributed by atoms with Gasteiger partial charge in [-0.1, -0.05) is 0 Å². The van der Waals surface area contributed by atoms with Crippen LogP contribution in [0.3, 0.4) is 0 Å². The molecule has 104 valence electrons. The van der Waals surface area contributed by atoms with E-state index in [1.165, 1.54) is 6.20 Å². The van der Waals surface area contributed by atoms with Gasteiger partial charge in [0.15, 0.2) is 0 Å². The van der Waals surface area contributed by atoms with Gasteiger partial charge >= 0.3 is 0 Å². The van der Waals surface area contributed by atoms with Crippen LogP contribution in [-0.4, -0.2) is 27.7 Å². The number of rotatable bonds is 4. The second-order valence-corrected chi connectivity index (χ2v) is 5.17. The number of nitrogens with one attached hydrogen (secondary N) is 1. The van der Waals surface area contributed by atoms with E-state index in [-0.39, 0.29) is 11.8 Å². The van der Waals surface area contributed by atoms with Crippen molar-refractivity contribution in [2.75, 3.05) is 11.9 Å². The Labute approximate surface area is 112 Å². The maximum absolute atomic E-state index is 10.7. The quantitative estimate of drug-likeness (QED) is 0.644. The van der Waals surface area contributed by atoms with Crippen molar-refractivity contribution >= 4 is 11.5 Å². The molecule has 0 saturated heterocycles. The number of anilines is 1. The van der Waals surface area contributed by atoms with Crippen LogP contribution in [0.4, 0.5) is 11.5 Å². The molecule has 1 aromatic rings. The highest BCUT2D eigenvalue weighted by atomic mass is 16.6. The van der Waals surface area contributed by atoms with Crippen LogP contribution in [0.25, 0.3) is 0 Å². The topological polar surface area (TPSA) is 88.3 Å². The zero-order valence-electron chi connectivity index (χ0n) is 11.0. The molecule has 1 fully saturated rings. The molecule has 1 heterocycles. The summed E-state index contributed by atoms with van der Waals surface area (Å²) in [5.74, 6) is 1.22. The summed E-state index contributed by atoms with van der Waals surface area (Å²) in [6.07, 6.45) is 4.90. The lowest BCUT2D eigenvalue weighted by atomic mass is 9.87. The minimum Gasteiger partial charge on any atom is -0.393 e. The highest BCUT2D eigenvalue weighted by Crippen LogP contribution is 2.25. The van der Waals surface area contributed by atoms with Crippen LogP contribution >= 0.6 is 0 Å². The fourth-order valence-electron chi connectivity index (χ4n) is 2.43. The number of aryl methyl sites for hydroxylation is 1. The molecule has 1 saturated carbocycles. The summed E-state index contributed by atoms with van der Waals surface area (Å²) in [4.78, 5) is 14.3. The van der Waals surface area contributed by atoms with Gasteiger partial charge in [-0.05, 0) is 44.6 Å². The summed E-state index contributed by atoms with van der Waals surface area (Å²) < 4.78 is 0. The van der Waals surface area contributed by atoms with Crippen molar-refractivity contribution in [2.45, 2.75) is 38.7 Å². The second-order valence-electron chi connectivity index (χ2n) is 5.17. The van der Waals surface area contributed by atoms with Gasteiger partial charge in [-0.2, -0.15) is 0 Å². The van der Waals surface area contributed by atoms with E-state index in [9.17, 15) is 15.2 Å². The Kier molecular flexibility index (Phi) is 4.31. The highest BCUT2D eigenvalue weighted by molar-refractivity contribution is 5.46. The van der Waals surface area contributed by atoms with Gasteiger partial charge in [0.25, 0.3) is 5.69 Å². The number of nitro groups is 1. The van der Waals surface area contributed by atoms with Crippen molar-refractivity contribution < 1.29 is 10.0 Å². The predicted molar refractivity (Wildman–Crippen MR) is 72.1 cm³/mol. The Morgan fingerprint density at radius 1 is 1.47 bits per heavy atom. The number of hydrogen-bond acceptors (Lipinski definition) is 5. The third-order valence-electron chi connectivity index (χ3n) is 3.67. The maximum atomic E-state index is 10.7. The lowest BCUT2D eigenvalue weighted by Crippen LogP contribution is -2.23. The van der Waals surface area contributed by atoms with Crippen LogP contribution in [0.1, 0.15) is 31.2 Å². The predicted octanol–water partition coefficient (Wildman–Crippen LogP) is 2.26. The average molecular weight is 265 g/mol. The van der Waals surface area contributed by atoms with Crippen LogP contribution in [0, 0.1) is 23.0 Å². The summed E-state index contributed by atoms with van der Waals surface area (Å²) >= 11 is 0. The van der Waals surface area contributed by atoms with Crippen LogP contribution < -0.4 is 5.32 Å². The summed E-state index contributed by atoms with van der Waals surface area (Å²) in [6.45, 7) is 2.51. The van der Waals surface area contributed by atoms with E-state index in [0.717, 1.165) is 32.2 Å². The first-order valence-corrected chi connectivity index (χ1v) is 6.59. The van der Waals surface area contributed by atoms with Crippen molar-refractivity contribution in [3.63, 3.8) is 0 Å². The van der Waals surface area contributed by atoms with Crippen molar-refractivity contribution in [3.05, 3.63) is 27.9 Å². The fourth-order valence-corrected chi connectivity index (χ4v) is 2.43. The maximum Gasteiger partial charge on any atom is 0.290 e. The molecule has 2 N–H and O–H groups in total. The minimum absolute atomic E-state index is 0.0475. The van der Waals surface area contributed by atoms with Gasteiger partial charge < -0.3 is 10.4 Å². The fraction of sp³-hybridized carbons (Fsp3) is 0.615. The molecular weight excluding hydrogens is 246 g/mol. The Balaban J connectivity index is 1.89. The monoisotopic (exact) mass is 265 g/mol. The van der Waals surface area contributed by atoms with Gasteiger partial charge in [-0.25, -0.2) is 4.98 Å². The molecule has 1 aliphatic carbocycles. The minimum atomic E-state index is -0.422. The lowest BCUT2D eigenvalue weighted by Gasteiger charge is -2.25. The number of nitrogens with zero attached hydrogens (tertiary/aromatic N) is 2. The number of aromatic nitrogens is 1. The molecule has 0 unspecified atom stereocenters. The molecule has 1 aliphatic rings. The first-order chi connectivity index (χ1) is 9.06. The number of aliphatic hydroxyl groups is 1. The van der Waals surface area contributed by atoms with E-state index in [1.807, 2.05) is 0 Å². The Hall–Kier alpha value is -1.69. The van der Waals surface area contributed by atoms with Gasteiger partial charge in [0.05, 0.1) is 11.0 Å². The SMILES string of the molecule is Cc1cc(NCC2CCC(O)CC2)ncc1[N+](=O)[O-]. The van der Waals surface area contributed by atoms with E-state index < -0.39 is 4.92 Å². The average Bonchev–Trinajstić information content (AvgIpc) is 2.37. The normalized spacial score (nSPS) is 23.1. The van der Waals surface area contributed by atoms with Crippen molar-refractivity contribution in [1.29, 1.82) is 0 Å². The molecule has 0 amide bonds. The largest absolute Gasteiger partial charge is 0.393 e. The summed E-state index contributed by atoms with van der Waals surface area (Å²) in [7, 11) is 0. The first kappa shape index (κ1) is 13.7. The summed E-state index contributed by atoms with van der Waals surface area (Å²) in [6, 6.07) is 1.70. The Morgan fingerprint density at radius 2 is 2.16 bits per heavy atom. The highest BCUT2D eigenvalue weighted by Gasteiger charge is 2.19. The van der Waals surface area contributed by atoms with Crippen molar-refractivity contribution in [2.24, 2.45) is 5.92 Å². The van der Waals surface area contributed by atoms with Crippen LogP contribution in [0.15, 0.2) is 12.3 Å². The Bertz CT molecular complexity index is 456. The van der Waals surface area contributed by atoms with Gasteiger partial charge in [0.1, 0.15) is 12.0 Å². The molecule has 6 nitrogen and oxygen atoms in total. The molecule has 0 aromatic carbocycles. The van der Waals surface area contributed by atoms with E-state index in [1.54, 1.807) is 13.0 Å². The molecule has 6 heteroatoms. The van der Waals surface area contributed by atoms with Gasteiger partial charge in [0, 0.05) is 12.1 Å². The number of hydrogen-bond donors (Lipinski definition) is 2. The van der Waals surface area contributed by atoms with E-state index in [4.69, 9.17) is 0 Å². The number of aliphatic hydroxyl groups excluding tert-OH is 1. The molecule has 1 aromatic heterocycles. The Morgan fingerprint density at radius 3 is 2.74 bits per heavy atom. The van der Waals surface area contributed by atoms with Gasteiger partial charge in [0.2, 0.25) is 0 Å². The summed E-state index contributed by atoms with van der Waals surface area (Å²) in [5, 5.41) is 23.3. The molecule has 0 aliphatic heterocycles. The lowest BCUT2D eigenvalue weighted by molar-refractivity contribution is -0.385. The number of pyridine rings is 1. The van der Waals surface area contributed by atoms with Crippen LogP contribution in [0.2, 0.25) is 0 Å². The van der Waals surface area contributed by atoms with Gasteiger partial charge in [-0.3, -0.25) is 10.1 Å². The van der Waals surface area contributed by atoms with Crippen LogP contribution in [0.5, 0.6) is 0 Å². The van der Waals surface area contributed by atoms with E-state index in [2.05, 4.69) is 10.3 Å². The zero-order valence-corrected chi connectivity index (χ0v) is 11.0. The van der Waals surface area contributed by atoms with Crippen molar-refractivity contribution in [3.8, 4) is 0 Å². The molecule has 19 heavy (non-hydrogen) atoms. The van der Waals surface area contributed by atoms with Gasteiger partial charge in [-0.15, -0.1) is 0 Å². The zero-order chi connectivity index (χ0) is 13.8. The van der Waals surface area contributed by atoms with Crippen molar-refractivity contribution in [1.82, 2.24) is 4.98 Å². The van der Waals surface area contributed by atoms with E-state index >= 15 is 0 Å². The molecule has 0 bridgehead atoms. The standard InChI is InChI=1S/C13H19N3O3/c1-9-6-13(15-8-12(9)16(18)19)14-7-10-2-4-11(17)5-3-10/h6,8,10-11,17H,2-5,7H2,1H3,(H,14,15). The molecule has 0 radical (unpaired) electrons. The summed E-state index contributed by atoms with van der Waals surface area (Å²) in [5.41, 5.74) is 0.660. The molecule has 2 rings (SSSR count). The van der Waals surface area contributed by atoms with Crippen LogP contribution in [-0.2, 0) is 0 Å². The molecule has 0 spiro atoms. The second kappa shape index (κ2) is 5.97. The van der Waals surface area contributed by atoms with E-state index in [0.29, 0.717) is 17.3 Å². The molecule has 0 atom stereocenters. The molecular formula is C13H19N3O3. The smallest absolute Gasteiger partial charge is 0.290 e. The first-order valence-electron chi connectivity index (χ1n) is 6.59. The third-order valence-corrected chi connectivity index (χ3v) is 3.67.